The predicted molar refractivity (Wildman–Crippen MR) is 77.0 cm³/mol. The summed E-state index contributed by atoms with van der Waals surface area (Å²) in [6, 6.07) is 13.5. The SMILES string of the molecule is O=C1NC(CCc2ccco2)=N/C1=C/c1ccccc1. The summed E-state index contributed by atoms with van der Waals surface area (Å²) in [7, 11) is 0. The Morgan fingerprint density at radius 2 is 1.95 bits per heavy atom. The molecule has 0 aliphatic carbocycles. The third-order valence-corrected chi connectivity index (χ3v) is 3.04. The Balaban J connectivity index is 1.70. The number of nitrogens with one attached hydrogen (secondary N) is 1. The molecule has 0 unspecified atom stereocenters. The van der Waals surface area contributed by atoms with Gasteiger partial charge in [-0.3, -0.25) is 4.79 Å². The average Bonchev–Trinajstić information content (AvgIpc) is 3.08. The largest absolute Gasteiger partial charge is 0.469 e. The van der Waals surface area contributed by atoms with Gasteiger partial charge in [-0.25, -0.2) is 4.99 Å². The van der Waals surface area contributed by atoms with Gasteiger partial charge in [0, 0.05) is 12.8 Å². The Labute approximate surface area is 116 Å². The zero-order chi connectivity index (χ0) is 13.8. The first-order valence-corrected chi connectivity index (χ1v) is 6.49. The monoisotopic (exact) mass is 266 g/mol. The van der Waals surface area contributed by atoms with Crippen molar-refractivity contribution in [1.82, 2.24) is 5.32 Å². The number of aryl methyl sites for hydroxylation is 1. The topological polar surface area (TPSA) is 54.6 Å². The summed E-state index contributed by atoms with van der Waals surface area (Å²) in [6.07, 6.45) is 4.82. The number of carbonyl (C=O) groups excluding carboxylic acids is 1. The second kappa shape index (κ2) is 5.57. The molecule has 2 heterocycles. The van der Waals surface area contributed by atoms with Crippen LogP contribution in [-0.4, -0.2) is 11.7 Å². The summed E-state index contributed by atoms with van der Waals surface area (Å²) in [5.41, 5.74) is 1.42. The smallest absolute Gasteiger partial charge is 0.275 e. The van der Waals surface area contributed by atoms with Crippen LogP contribution in [-0.2, 0) is 11.2 Å². The minimum Gasteiger partial charge on any atom is -0.469 e. The van der Waals surface area contributed by atoms with Crippen LogP contribution in [0.25, 0.3) is 6.08 Å². The molecule has 1 aromatic heterocycles. The van der Waals surface area contributed by atoms with E-state index in [0.29, 0.717) is 18.0 Å². The van der Waals surface area contributed by atoms with Gasteiger partial charge < -0.3 is 9.73 Å². The number of furan rings is 1. The molecule has 4 nitrogen and oxygen atoms in total. The first kappa shape index (κ1) is 12.4. The Bertz CT molecular complexity index is 655. The number of aliphatic imine (C=N–C) groups is 1. The number of nitrogens with zero attached hydrogens (tertiary/aromatic N) is 1. The molecule has 0 bridgehead atoms. The number of rotatable bonds is 4. The van der Waals surface area contributed by atoms with E-state index in [1.165, 1.54) is 0 Å². The Morgan fingerprint density at radius 3 is 2.70 bits per heavy atom. The van der Waals surface area contributed by atoms with Gasteiger partial charge in [-0.05, 0) is 23.8 Å². The van der Waals surface area contributed by atoms with Crippen molar-refractivity contribution in [2.45, 2.75) is 12.8 Å². The molecule has 1 aliphatic rings. The number of carbonyl (C=O) groups is 1. The van der Waals surface area contributed by atoms with Gasteiger partial charge in [-0.15, -0.1) is 0 Å². The van der Waals surface area contributed by atoms with E-state index in [0.717, 1.165) is 17.7 Å². The van der Waals surface area contributed by atoms with Crippen molar-refractivity contribution in [3.05, 3.63) is 65.7 Å². The summed E-state index contributed by atoms with van der Waals surface area (Å²) >= 11 is 0. The highest BCUT2D eigenvalue weighted by molar-refractivity contribution is 6.14. The van der Waals surface area contributed by atoms with Crippen molar-refractivity contribution < 1.29 is 9.21 Å². The minimum absolute atomic E-state index is 0.150. The molecular formula is C16H14N2O2. The molecule has 1 aromatic carbocycles. The van der Waals surface area contributed by atoms with E-state index >= 15 is 0 Å². The molecule has 0 radical (unpaired) electrons. The minimum atomic E-state index is -0.150. The molecule has 0 spiro atoms. The Hall–Kier alpha value is -2.62. The van der Waals surface area contributed by atoms with Crippen LogP contribution in [0.4, 0.5) is 0 Å². The highest BCUT2D eigenvalue weighted by Crippen LogP contribution is 2.14. The highest BCUT2D eigenvalue weighted by atomic mass is 16.3. The van der Waals surface area contributed by atoms with E-state index in [2.05, 4.69) is 10.3 Å². The second-order valence-corrected chi connectivity index (χ2v) is 4.53. The lowest BCUT2D eigenvalue weighted by Gasteiger charge is -1.97. The molecule has 1 N–H and O–H groups in total. The van der Waals surface area contributed by atoms with Crippen molar-refractivity contribution in [1.29, 1.82) is 0 Å². The van der Waals surface area contributed by atoms with Gasteiger partial charge in [-0.2, -0.15) is 0 Å². The maximum absolute atomic E-state index is 11.8. The highest BCUT2D eigenvalue weighted by Gasteiger charge is 2.19. The molecule has 20 heavy (non-hydrogen) atoms. The zero-order valence-electron chi connectivity index (χ0n) is 10.9. The molecule has 4 heteroatoms. The van der Waals surface area contributed by atoms with Gasteiger partial charge in [-0.1, -0.05) is 30.3 Å². The van der Waals surface area contributed by atoms with Crippen molar-refractivity contribution >= 4 is 17.8 Å². The lowest BCUT2D eigenvalue weighted by Crippen LogP contribution is -2.24. The molecule has 100 valence electrons. The molecule has 1 amide bonds. The quantitative estimate of drug-likeness (QED) is 0.865. The van der Waals surface area contributed by atoms with Crippen LogP contribution >= 0.6 is 0 Å². The second-order valence-electron chi connectivity index (χ2n) is 4.53. The van der Waals surface area contributed by atoms with Crippen LogP contribution in [0.1, 0.15) is 17.7 Å². The van der Waals surface area contributed by atoms with E-state index in [4.69, 9.17) is 4.42 Å². The van der Waals surface area contributed by atoms with Gasteiger partial charge in [0.25, 0.3) is 5.91 Å². The van der Waals surface area contributed by atoms with Crippen LogP contribution in [0, 0.1) is 0 Å². The van der Waals surface area contributed by atoms with Gasteiger partial charge in [0.2, 0.25) is 0 Å². The zero-order valence-corrected chi connectivity index (χ0v) is 10.9. The summed E-state index contributed by atoms with van der Waals surface area (Å²) in [5, 5.41) is 2.79. The number of hydrogen-bond acceptors (Lipinski definition) is 3. The molecule has 0 saturated heterocycles. The van der Waals surface area contributed by atoms with E-state index in [1.54, 1.807) is 12.3 Å². The van der Waals surface area contributed by atoms with E-state index in [-0.39, 0.29) is 5.91 Å². The van der Waals surface area contributed by atoms with Gasteiger partial charge >= 0.3 is 0 Å². The fourth-order valence-corrected chi connectivity index (χ4v) is 2.04. The molecule has 1 aliphatic heterocycles. The molecule has 2 aromatic rings. The average molecular weight is 266 g/mol. The fraction of sp³-hybridized carbons (Fsp3) is 0.125. The van der Waals surface area contributed by atoms with Crippen molar-refractivity contribution in [3.63, 3.8) is 0 Å². The summed E-state index contributed by atoms with van der Waals surface area (Å²) in [6.45, 7) is 0. The first-order chi connectivity index (χ1) is 9.81. The normalized spacial score (nSPS) is 16.3. The summed E-state index contributed by atoms with van der Waals surface area (Å²) < 4.78 is 5.26. The Kier molecular flexibility index (Phi) is 3.46. The summed E-state index contributed by atoms with van der Waals surface area (Å²) in [5.74, 6) is 1.43. The molecule has 3 rings (SSSR count). The van der Waals surface area contributed by atoms with Gasteiger partial charge in [0.15, 0.2) is 0 Å². The number of benzene rings is 1. The van der Waals surface area contributed by atoms with Gasteiger partial charge in [0.1, 0.15) is 17.3 Å². The molecular weight excluding hydrogens is 252 g/mol. The van der Waals surface area contributed by atoms with Crippen LogP contribution in [0.2, 0.25) is 0 Å². The third-order valence-electron chi connectivity index (χ3n) is 3.04. The predicted octanol–water partition coefficient (Wildman–Crippen LogP) is 2.78. The number of amidine groups is 1. The number of hydrogen-bond donors (Lipinski definition) is 1. The van der Waals surface area contributed by atoms with Crippen molar-refractivity contribution in [2.75, 3.05) is 0 Å². The lowest BCUT2D eigenvalue weighted by atomic mass is 10.2. The molecule has 0 atom stereocenters. The molecule has 0 saturated carbocycles. The van der Waals surface area contributed by atoms with Crippen LogP contribution in [0.15, 0.2) is 63.8 Å². The molecule has 0 fully saturated rings. The first-order valence-electron chi connectivity index (χ1n) is 6.49. The fourth-order valence-electron chi connectivity index (χ4n) is 2.04. The van der Waals surface area contributed by atoms with Crippen molar-refractivity contribution in [3.8, 4) is 0 Å². The maximum Gasteiger partial charge on any atom is 0.275 e. The van der Waals surface area contributed by atoms with E-state index in [9.17, 15) is 4.79 Å². The lowest BCUT2D eigenvalue weighted by molar-refractivity contribution is -0.115. The van der Waals surface area contributed by atoms with Crippen LogP contribution in [0.5, 0.6) is 0 Å². The third kappa shape index (κ3) is 2.85. The van der Waals surface area contributed by atoms with E-state index in [1.807, 2.05) is 42.5 Å². The maximum atomic E-state index is 11.8. The standard InChI is InChI=1S/C16H14N2O2/c19-16-14(11-12-5-2-1-3-6-12)17-15(18-16)9-8-13-7-4-10-20-13/h1-7,10-11H,8-9H2,(H,17,18,19)/b14-11+. The van der Waals surface area contributed by atoms with E-state index < -0.39 is 0 Å². The van der Waals surface area contributed by atoms with Crippen LogP contribution < -0.4 is 5.32 Å². The van der Waals surface area contributed by atoms with Crippen LogP contribution in [0.3, 0.4) is 0 Å². The van der Waals surface area contributed by atoms with Crippen molar-refractivity contribution in [2.24, 2.45) is 4.99 Å². The summed E-state index contributed by atoms with van der Waals surface area (Å²) in [4.78, 5) is 16.2. The Morgan fingerprint density at radius 1 is 1.10 bits per heavy atom. The van der Waals surface area contributed by atoms with Gasteiger partial charge in [0.05, 0.1) is 6.26 Å². The number of amides is 1.